The number of pyridine rings is 1. The monoisotopic (exact) mass is 438 g/mol. The first-order chi connectivity index (χ1) is 13.3. The first kappa shape index (κ1) is 20.8. The van der Waals surface area contributed by atoms with Gasteiger partial charge in [-0.2, -0.15) is 0 Å². The highest BCUT2D eigenvalue weighted by Crippen LogP contribution is 2.32. The second kappa shape index (κ2) is 8.60. The molecule has 0 radical (unpaired) electrons. The highest BCUT2D eigenvalue weighted by atomic mass is 35.5. The molecule has 3 rings (SSSR count). The second-order valence-corrected chi connectivity index (χ2v) is 7.94. The van der Waals surface area contributed by atoms with Gasteiger partial charge in [-0.3, -0.25) is 4.79 Å². The molecule has 1 amide bonds. The SMILES string of the molecule is CCCCN(C)C(=O)Cc1c(-c2ccc(Cl)c(N)c2)nc2c(Cl)cc(Cl)cn12. The Morgan fingerprint density at radius 2 is 1.96 bits per heavy atom. The number of carbonyl (C=O) groups excluding carboxylic acids is 1. The molecule has 2 aromatic heterocycles. The predicted molar refractivity (Wildman–Crippen MR) is 116 cm³/mol. The molecular weight excluding hydrogens is 419 g/mol. The molecule has 0 saturated carbocycles. The van der Waals surface area contributed by atoms with Crippen molar-refractivity contribution in [3.05, 3.63) is 51.2 Å². The summed E-state index contributed by atoms with van der Waals surface area (Å²) in [4.78, 5) is 19.2. The van der Waals surface area contributed by atoms with Crippen LogP contribution in [0.25, 0.3) is 16.9 Å². The van der Waals surface area contributed by atoms with Gasteiger partial charge in [-0.05, 0) is 24.6 Å². The number of carbonyl (C=O) groups is 1. The molecule has 2 N–H and O–H groups in total. The van der Waals surface area contributed by atoms with Crippen LogP contribution in [0.15, 0.2) is 30.5 Å². The number of amides is 1. The second-order valence-electron chi connectivity index (χ2n) is 6.69. The lowest BCUT2D eigenvalue weighted by Crippen LogP contribution is -2.29. The summed E-state index contributed by atoms with van der Waals surface area (Å²) in [5.41, 5.74) is 9.04. The summed E-state index contributed by atoms with van der Waals surface area (Å²) in [7, 11) is 1.81. The Morgan fingerprint density at radius 3 is 2.64 bits per heavy atom. The molecule has 0 bridgehead atoms. The smallest absolute Gasteiger partial charge is 0.228 e. The van der Waals surface area contributed by atoms with Gasteiger partial charge in [0.15, 0.2) is 5.65 Å². The van der Waals surface area contributed by atoms with Gasteiger partial charge in [0.2, 0.25) is 5.91 Å². The standard InChI is InChI=1S/C20H21Cl3N4O/c1-3-4-7-26(2)18(28)10-17-19(12-5-6-14(22)16(24)8-12)25-20-15(23)9-13(21)11-27(17)20/h5-6,8-9,11H,3-4,7,10,24H2,1-2H3. The van der Waals surface area contributed by atoms with Crippen molar-refractivity contribution in [1.29, 1.82) is 0 Å². The number of nitrogen functional groups attached to an aromatic ring is 1. The van der Waals surface area contributed by atoms with Crippen molar-refractivity contribution in [3.8, 4) is 11.3 Å². The molecule has 1 aromatic carbocycles. The molecule has 0 aliphatic heterocycles. The molecule has 5 nitrogen and oxygen atoms in total. The van der Waals surface area contributed by atoms with Crippen molar-refractivity contribution in [2.75, 3.05) is 19.3 Å². The highest BCUT2D eigenvalue weighted by molar-refractivity contribution is 6.36. The van der Waals surface area contributed by atoms with E-state index in [2.05, 4.69) is 11.9 Å². The molecule has 148 valence electrons. The summed E-state index contributed by atoms with van der Waals surface area (Å²) in [6, 6.07) is 6.91. The average Bonchev–Trinajstić information content (AvgIpc) is 3.00. The van der Waals surface area contributed by atoms with Crippen LogP contribution in [0.1, 0.15) is 25.5 Å². The van der Waals surface area contributed by atoms with E-state index in [4.69, 9.17) is 40.5 Å². The van der Waals surface area contributed by atoms with Crippen LogP contribution in [0, 0.1) is 0 Å². The molecule has 3 aromatic rings. The maximum Gasteiger partial charge on any atom is 0.228 e. The normalized spacial score (nSPS) is 11.2. The van der Waals surface area contributed by atoms with Gasteiger partial charge in [-0.25, -0.2) is 4.98 Å². The number of rotatable bonds is 6. The van der Waals surface area contributed by atoms with Crippen LogP contribution in [-0.2, 0) is 11.2 Å². The number of aromatic nitrogens is 2. The zero-order valence-corrected chi connectivity index (χ0v) is 17.9. The maximum atomic E-state index is 12.8. The van der Waals surface area contributed by atoms with E-state index in [1.165, 1.54) is 0 Å². The minimum atomic E-state index is -0.00506. The summed E-state index contributed by atoms with van der Waals surface area (Å²) < 4.78 is 1.77. The average molecular weight is 440 g/mol. The third-order valence-corrected chi connectivity index (χ3v) is 5.43. The van der Waals surface area contributed by atoms with Gasteiger partial charge in [0.05, 0.1) is 38.6 Å². The number of nitrogens with zero attached hydrogens (tertiary/aromatic N) is 3. The van der Waals surface area contributed by atoms with E-state index >= 15 is 0 Å². The van der Waals surface area contributed by atoms with Crippen LogP contribution in [0.5, 0.6) is 0 Å². The van der Waals surface area contributed by atoms with E-state index < -0.39 is 0 Å². The number of anilines is 1. The lowest BCUT2D eigenvalue weighted by Gasteiger charge is -2.17. The molecular formula is C20H21Cl3N4O. The fourth-order valence-electron chi connectivity index (χ4n) is 3.01. The number of unbranched alkanes of at least 4 members (excludes halogenated alkanes) is 1. The van der Waals surface area contributed by atoms with E-state index in [9.17, 15) is 4.79 Å². The number of imidazole rings is 1. The molecule has 2 heterocycles. The zero-order chi connectivity index (χ0) is 20.4. The molecule has 0 saturated heterocycles. The van der Waals surface area contributed by atoms with Crippen LogP contribution >= 0.6 is 34.8 Å². The summed E-state index contributed by atoms with van der Waals surface area (Å²) in [6.45, 7) is 2.80. The molecule has 0 atom stereocenters. The van der Waals surface area contributed by atoms with Crippen molar-refractivity contribution in [3.63, 3.8) is 0 Å². The topological polar surface area (TPSA) is 63.6 Å². The molecule has 28 heavy (non-hydrogen) atoms. The number of halogens is 3. The molecule has 0 unspecified atom stereocenters. The van der Waals surface area contributed by atoms with Gasteiger partial charge in [0, 0.05) is 25.4 Å². The minimum Gasteiger partial charge on any atom is -0.398 e. The molecule has 0 spiro atoms. The number of hydrogen-bond donors (Lipinski definition) is 1. The summed E-state index contributed by atoms with van der Waals surface area (Å²) in [6.07, 6.45) is 3.85. The van der Waals surface area contributed by atoms with Crippen molar-refractivity contribution < 1.29 is 4.79 Å². The third kappa shape index (κ3) is 4.22. The Balaban J connectivity index is 2.12. The number of hydrogen-bond acceptors (Lipinski definition) is 3. The van der Waals surface area contributed by atoms with E-state index in [0.717, 1.165) is 18.4 Å². The van der Waals surface area contributed by atoms with Crippen molar-refractivity contribution >= 4 is 52.0 Å². The van der Waals surface area contributed by atoms with E-state index in [1.54, 1.807) is 40.7 Å². The van der Waals surface area contributed by atoms with Crippen molar-refractivity contribution in [2.24, 2.45) is 0 Å². The highest BCUT2D eigenvalue weighted by Gasteiger charge is 2.21. The van der Waals surface area contributed by atoms with Gasteiger partial charge in [-0.1, -0.05) is 54.2 Å². The van der Waals surface area contributed by atoms with Crippen LogP contribution in [0.3, 0.4) is 0 Å². The molecule has 0 fully saturated rings. The van der Waals surface area contributed by atoms with Crippen LogP contribution in [0.4, 0.5) is 5.69 Å². The predicted octanol–water partition coefficient (Wildman–Crippen LogP) is 5.34. The van der Waals surface area contributed by atoms with E-state index in [-0.39, 0.29) is 12.3 Å². The van der Waals surface area contributed by atoms with Gasteiger partial charge >= 0.3 is 0 Å². The van der Waals surface area contributed by atoms with Gasteiger partial charge < -0.3 is 15.0 Å². The Morgan fingerprint density at radius 1 is 1.21 bits per heavy atom. The van der Waals surface area contributed by atoms with Crippen LogP contribution in [0.2, 0.25) is 15.1 Å². The first-order valence-corrected chi connectivity index (χ1v) is 10.1. The minimum absolute atomic E-state index is 0.00506. The number of fused-ring (bicyclic) bond motifs is 1. The Bertz CT molecular complexity index is 1030. The summed E-state index contributed by atoms with van der Waals surface area (Å²) in [5, 5.41) is 1.34. The van der Waals surface area contributed by atoms with Crippen LogP contribution < -0.4 is 5.73 Å². The lowest BCUT2D eigenvalue weighted by molar-refractivity contribution is -0.129. The third-order valence-electron chi connectivity index (χ3n) is 4.60. The zero-order valence-electron chi connectivity index (χ0n) is 15.7. The number of likely N-dealkylation sites (N-methyl/N-ethyl adjacent to an activating group) is 1. The lowest BCUT2D eigenvalue weighted by atomic mass is 10.1. The Labute approximate surface area is 179 Å². The Hall–Kier alpha value is -1.95. The molecule has 0 aliphatic rings. The Kier molecular flexibility index (Phi) is 6.38. The van der Waals surface area contributed by atoms with Gasteiger partial charge in [0.25, 0.3) is 0 Å². The van der Waals surface area contributed by atoms with Gasteiger partial charge in [-0.15, -0.1) is 0 Å². The number of nitrogens with two attached hydrogens (primary N) is 1. The first-order valence-electron chi connectivity index (χ1n) is 8.97. The molecule has 0 aliphatic carbocycles. The summed E-state index contributed by atoms with van der Waals surface area (Å²) in [5.74, 6) is -0.00506. The van der Waals surface area contributed by atoms with E-state index in [0.29, 0.717) is 44.3 Å². The maximum absolute atomic E-state index is 12.8. The van der Waals surface area contributed by atoms with E-state index in [1.807, 2.05) is 6.07 Å². The fraction of sp³-hybridized carbons (Fsp3) is 0.300. The van der Waals surface area contributed by atoms with Gasteiger partial charge in [0.1, 0.15) is 0 Å². The fourth-order valence-corrected chi connectivity index (χ4v) is 3.64. The van der Waals surface area contributed by atoms with Crippen molar-refractivity contribution in [1.82, 2.24) is 14.3 Å². The van der Waals surface area contributed by atoms with Crippen LogP contribution in [-0.4, -0.2) is 33.8 Å². The quantitative estimate of drug-likeness (QED) is 0.527. The molecule has 8 heteroatoms. The number of benzene rings is 1. The summed E-state index contributed by atoms with van der Waals surface area (Å²) >= 11 is 18.6. The van der Waals surface area contributed by atoms with Crippen molar-refractivity contribution in [2.45, 2.75) is 26.2 Å². The largest absolute Gasteiger partial charge is 0.398 e.